The Morgan fingerprint density at radius 3 is 3.00 bits per heavy atom. The summed E-state index contributed by atoms with van der Waals surface area (Å²) in [5, 5.41) is 5.84. The molecule has 4 heteroatoms. The van der Waals surface area contributed by atoms with Crippen molar-refractivity contribution in [3.8, 4) is 0 Å². The summed E-state index contributed by atoms with van der Waals surface area (Å²) in [7, 11) is 1.59. The summed E-state index contributed by atoms with van der Waals surface area (Å²) in [5.41, 5.74) is 0. The molecule has 0 aromatic carbocycles. The molecule has 76 valence electrons. The first-order valence-corrected chi connectivity index (χ1v) is 4.84. The molecule has 0 radical (unpaired) electrons. The fraction of sp³-hybridized carbons (Fsp3) is 0.500. The Balaban J connectivity index is 1.91. The van der Waals surface area contributed by atoms with Gasteiger partial charge in [0, 0.05) is 13.1 Å². The van der Waals surface area contributed by atoms with Crippen LogP contribution in [0.15, 0.2) is 16.5 Å². The number of carbonyl (C=O) groups excluding carboxylic acids is 1. The van der Waals surface area contributed by atoms with Crippen LogP contribution in [0.1, 0.15) is 29.2 Å². The smallest absolute Gasteiger partial charge is 0.286 e. The van der Waals surface area contributed by atoms with Gasteiger partial charge in [0.2, 0.25) is 0 Å². The number of hydrogen-bond donors (Lipinski definition) is 2. The molecule has 0 aliphatic heterocycles. The fourth-order valence-corrected chi connectivity index (χ4v) is 1.25. The lowest BCUT2D eigenvalue weighted by molar-refractivity contribution is 0.0933. The summed E-state index contributed by atoms with van der Waals surface area (Å²) in [6.45, 7) is 0.710. The highest BCUT2D eigenvalue weighted by molar-refractivity contribution is 5.91. The largest absolute Gasteiger partial charge is 0.455 e. The molecular weight excluding hydrogens is 180 g/mol. The van der Waals surface area contributed by atoms with Gasteiger partial charge in [-0.15, -0.1) is 0 Å². The average Bonchev–Trinajstić information content (AvgIpc) is 2.92. The minimum atomic E-state index is -0.178. The minimum absolute atomic E-state index is 0.178. The topological polar surface area (TPSA) is 54.3 Å². The monoisotopic (exact) mass is 194 g/mol. The van der Waals surface area contributed by atoms with E-state index >= 15 is 0 Å². The van der Waals surface area contributed by atoms with Crippen LogP contribution in [-0.2, 0) is 6.54 Å². The van der Waals surface area contributed by atoms with Crippen molar-refractivity contribution < 1.29 is 9.21 Å². The third kappa shape index (κ3) is 2.14. The Bertz CT molecular complexity index is 329. The normalized spacial score (nSPS) is 15.5. The quantitative estimate of drug-likeness (QED) is 0.748. The van der Waals surface area contributed by atoms with Crippen LogP contribution in [-0.4, -0.2) is 19.0 Å². The molecule has 1 heterocycles. The van der Waals surface area contributed by atoms with E-state index in [1.165, 1.54) is 12.8 Å². The lowest BCUT2D eigenvalue weighted by Crippen LogP contribution is -2.17. The Labute approximate surface area is 82.7 Å². The van der Waals surface area contributed by atoms with Crippen LogP contribution in [0.5, 0.6) is 0 Å². The van der Waals surface area contributed by atoms with E-state index in [1.54, 1.807) is 13.1 Å². The second-order valence-corrected chi connectivity index (χ2v) is 3.50. The fourth-order valence-electron chi connectivity index (χ4n) is 1.25. The molecule has 0 atom stereocenters. The summed E-state index contributed by atoms with van der Waals surface area (Å²) in [4.78, 5) is 11.2. The molecule has 0 spiro atoms. The van der Waals surface area contributed by atoms with Gasteiger partial charge in [-0.2, -0.15) is 0 Å². The molecule has 1 aliphatic rings. The van der Waals surface area contributed by atoms with Crippen molar-refractivity contribution in [2.45, 2.75) is 25.4 Å². The van der Waals surface area contributed by atoms with Gasteiger partial charge in [0.05, 0.1) is 6.54 Å². The molecule has 0 bridgehead atoms. The number of carbonyl (C=O) groups is 1. The molecule has 1 aromatic rings. The van der Waals surface area contributed by atoms with Crippen molar-refractivity contribution in [1.29, 1.82) is 0 Å². The van der Waals surface area contributed by atoms with Crippen LogP contribution >= 0.6 is 0 Å². The van der Waals surface area contributed by atoms with Gasteiger partial charge in [-0.3, -0.25) is 4.79 Å². The third-order valence-electron chi connectivity index (χ3n) is 2.25. The molecule has 1 fully saturated rings. The van der Waals surface area contributed by atoms with Crippen molar-refractivity contribution >= 4 is 5.91 Å². The second kappa shape index (κ2) is 3.84. The lowest BCUT2D eigenvalue weighted by Gasteiger charge is -1.98. The van der Waals surface area contributed by atoms with Crippen molar-refractivity contribution in [2.24, 2.45) is 0 Å². The van der Waals surface area contributed by atoms with Crippen molar-refractivity contribution in [3.63, 3.8) is 0 Å². The minimum Gasteiger partial charge on any atom is -0.455 e. The van der Waals surface area contributed by atoms with Gasteiger partial charge < -0.3 is 15.1 Å². The van der Waals surface area contributed by atoms with Crippen molar-refractivity contribution in [3.05, 3.63) is 23.7 Å². The maximum atomic E-state index is 11.2. The van der Waals surface area contributed by atoms with Crippen molar-refractivity contribution in [2.75, 3.05) is 7.05 Å². The standard InChI is InChI=1S/C10H14N2O2/c1-11-10(13)9-5-4-8(14-9)6-12-7-2-3-7/h4-5,7,12H,2-3,6H2,1H3,(H,11,13). The predicted octanol–water partition coefficient (Wildman–Crippen LogP) is 0.891. The number of furan rings is 1. The molecule has 0 unspecified atom stereocenters. The average molecular weight is 194 g/mol. The molecule has 0 saturated heterocycles. The summed E-state index contributed by atoms with van der Waals surface area (Å²) in [5.74, 6) is 1.01. The van der Waals surface area contributed by atoms with E-state index in [4.69, 9.17) is 4.42 Å². The summed E-state index contributed by atoms with van der Waals surface area (Å²) in [6, 6.07) is 4.19. The van der Waals surface area contributed by atoms with Gasteiger partial charge in [0.1, 0.15) is 5.76 Å². The highest BCUT2D eigenvalue weighted by atomic mass is 16.4. The van der Waals surface area contributed by atoms with Crippen LogP contribution < -0.4 is 10.6 Å². The maximum absolute atomic E-state index is 11.2. The molecule has 1 aliphatic carbocycles. The highest BCUT2D eigenvalue weighted by Gasteiger charge is 2.20. The van der Waals surface area contributed by atoms with Gasteiger partial charge in [0.15, 0.2) is 5.76 Å². The van der Waals surface area contributed by atoms with Gasteiger partial charge in [-0.1, -0.05) is 0 Å². The van der Waals surface area contributed by atoms with E-state index < -0.39 is 0 Å². The molecule has 1 aromatic heterocycles. The Hall–Kier alpha value is -1.29. The van der Waals surface area contributed by atoms with E-state index in [-0.39, 0.29) is 5.91 Å². The molecule has 1 amide bonds. The van der Waals surface area contributed by atoms with Crippen LogP contribution in [0.4, 0.5) is 0 Å². The number of hydrogen-bond acceptors (Lipinski definition) is 3. The van der Waals surface area contributed by atoms with Crippen LogP contribution in [0, 0.1) is 0 Å². The van der Waals surface area contributed by atoms with Crippen LogP contribution in [0.25, 0.3) is 0 Å². The first-order valence-electron chi connectivity index (χ1n) is 4.84. The van der Waals surface area contributed by atoms with E-state index in [1.807, 2.05) is 6.07 Å². The summed E-state index contributed by atoms with van der Waals surface area (Å²) in [6.07, 6.45) is 2.51. The van der Waals surface area contributed by atoms with E-state index in [2.05, 4.69) is 10.6 Å². The zero-order valence-electron chi connectivity index (χ0n) is 8.17. The van der Waals surface area contributed by atoms with Crippen molar-refractivity contribution in [1.82, 2.24) is 10.6 Å². The lowest BCUT2D eigenvalue weighted by atomic mass is 10.4. The maximum Gasteiger partial charge on any atom is 0.286 e. The Morgan fingerprint density at radius 2 is 2.36 bits per heavy atom. The van der Waals surface area contributed by atoms with Gasteiger partial charge in [-0.25, -0.2) is 0 Å². The Kier molecular flexibility index (Phi) is 2.54. The van der Waals surface area contributed by atoms with Crippen LogP contribution in [0.3, 0.4) is 0 Å². The van der Waals surface area contributed by atoms with E-state index in [9.17, 15) is 4.79 Å². The highest BCUT2D eigenvalue weighted by Crippen LogP contribution is 2.19. The zero-order valence-corrected chi connectivity index (χ0v) is 8.17. The SMILES string of the molecule is CNC(=O)c1ccc(CNC2CC2)o1. The molecule has 14 heavy (non-hydrogen) atoms. The molecule has 1 saturated carbocycles. The molecular formula is C10H14N2O2. The predicted molar refractivity (Wildman–Crippen MR) is 52.0 cm³/mol. The van der Waals surface area contributed by atoms with Crippen LogP contribution in [0.2, 0.25) is 0 Å². The van der Waals surface area contributed by atoms with Gasteiger partial charge >= 0.3 is 0 Å². The third-order valence-corrected chi connectivity index (χ3v) is 2.25. The molecule has 4 nitrogen and oxygen atoms in total. The number of rotatable bonds is 4. The second-order valence-electron chi connectivity index (χ2n) is 3.50. The number of amides is 1. The van der Waals surface area contributed by atoms with Gasteiger partial charge in [-0.05, 0) is 25.0 Å². The Morgan fingerprint density at radius 1 is 1.57 bits per heavy atom. The zero-order chi connectivity index (χ0) is 9.97. The van der Waals surface area contributed by atoms with Gasteiger partial charge in [0.25, 0.3) is 5.91 Å². The number of nitrogens with one attached hydrogen (secondary N) is 2. The first-order chi connectivity index (χ1) is 6.79. The summed E-state index contributed by atoms with van der Waals surface area (Å²) >= 11 is 0. The molecule has 2 rings (SSSR count). The van der Waals surface area contributed by atoms with E-state index in [0.717, 1.165) is 5.76 Å². The molecule has 2 N–H and O–H groups in total. The van der Waals surface area contributed by atoms with E-state index in [0.29, 0.717) is 18.3 Å². The summed E-state index contributed by atoms with van der Waals surface area (Å²) < 4.78 is 5.34. The first kappa shape index (κ1) is 9.27.